The number of methoxy groups -OCH3 is 1. The van der Waals surface area contributed by atoms with E-state index < -0.39 is 0 Å². The van der Waals surface area contributed by atoms with Gasteiger partial charge in [-0.2, -0.15) is 14.7 Å². The molecule has 3 aromatic heterocycles. The normalized spacial score (nSPS) is 21.0. The van der Waals surface area contributed by atoms with Gasteiger partial charge in [-0.05, 0) is 43.4 Å². The minimum atomic E-state index is -0.304. The average Bonchev–Trinajstić information content (AvgIpc) is 3.45. The molecule has 2 aliphatic rings. The fourth-order valence-corrected chi connectivity index (χ4v) is 6.01. The molecule has 2 atom stereocenters. The molecule has 0 radical (unpaired) electrons. The zero-order valence-corrected chi connectivity index (χ0v) is 20.6. The number of hydrogen-bond donors (Lipinski definition) is 1. The highest BCUT2D eigenvalue weighted by molar-refractivity contribution is 6.08. The molecule has 4 aromatic rings. The second-order valence-corrected chi connectivity index (χ2v) is 10.3. The second kappa shape index (κ2) is 8.32. The summed E-state index contributed by atoms with van der Waals surface area (Å²) in [6.07, 6.45) is 8.45. The van der Waals surface area contributed by atoms with Gasteiger partial charge in [0.25, 0.3) is 5.91 Å². The van der Waals surface area contributed by atoms with Crippen LogP contribution in [-0.2, 0) is 4.79 Å². The predicted octanol–water partition coefficient (Wildman–Crippen LogP) is 3.55. The molecule has 36 heavy (non-hydrogen) atoms. The summed E-state index contributed by atoms with van der Waals surface area (Å²) in [5, 5.41) is 12.9. The van der Waals surface area contributed by atoms with Gasteiger partial charge in [0.1, 0.15) is 5.75 Å². The number of rotatable bonds is 4. The van der Waals surface area contributed by atoms with Crippen molar-refractivity contribution >= 4 is 34.2 Å². The van der Waals surface area contributed by atoms with Gasteiger partial charge in [-0.25, -0.2) is 4.98 Å². The Morgan fingerprint density at radius 3 is 2.83 bits per heavy atom. The highest BCUT2D eigenvalue weighted by Gasteiger charge is 2.48. The maximum atomic E-state index is 13.2. The Bertz CT molecular complexity index is 1480. The maximum Gasteiger partial charge on any atom is 0.260 e. The van der Waals surface area contributed by atoms with Gasteiger partial charge in [0.15, 0.2) is 11.5 Å². The number of imidazole rings is 1. The molecule has 0 unspecified atom stereocenters. The van der Waals surface area contributed by atoms with Crippen LogP contribution in [0.1, 0.15) is 49.5 Å². The van der Waals surface area contributed by atoms with E-state index in [1.807, 2.05) is 29.3 Å². The van der Waals surface area contributed by atoms with Crippen molar-refractivity contribution in [3.8, 4) is 5.75 Å². The third kappa shape index (κ3) is 3.68. The van der Waals surface area contributed by atoms with E-state index in [0.29, 0.717) is 28.7 Å². The summed E-state index contributed by atoms with van der Waals surface area (Å²) in [7, 11) is 1.55. The smallest absolute Gasteiger partial charge is 0.260 e. The summed E-state index contributed by atoms with van der Waals surface area (Å²) < 4.78 is 9.19. The number of aromatic nitrogens is 5. The van der Waals surface area contributed by atoms with Gasteiger partial charge in [-0.15, -0.1) is 0 Å². The van der Waals surface area contributed by atoms with Gasteiger partial charge < -0.3 is 15.0 Å². The van der Waals surface area contributed by atoms with E-state index in [4.69, 9.17) is 9.84 Å². The number of carbonyl (C=O) groups is 2. The average molecular weight is 488 g/mol. The molecule has 10 heteroatoms. The molecule has 1 saturated heterocycles. The molecule has 4 heterocycles. The summed E-state index contributed by atoms with van der Waals surface area (Å²) in [5.74, 6) is 1.25. The molecule has 1 N–H and O–H groups in total. The monoisotopic (exact) mass is 487 g/mol. The molecule has 2 fully saturated rings. The van der Waals surface area contributed by atoms with E-state index in [1.54, 1.807) is 37.0 Å². The van der Waals surface area contributed by atoms with Crippen molar-refractivity contribution in [3.05, 3.63) is 48.4 Å². The highest BCUT2D eigenvalue weighted by atomic mass is 16.5. The van der Waals surface area contributed by atoms with Gasteiger partial charge in [-0.3, -0.25) is 14.3 Å². The fourth-order valence-electron chi connectivity index (χ4n) is 6.01. The Morgan fingerprint density at radius 2 is 2.08 bits per heavy atom. The van der Waals surface area contributed by atoms with Crippen molar-refractivity contribution in [3.63, 3.8) is 0 Å². The Kier molecular flexibility index (Phi) is 5.20. The molecular weight excluding hydrogens is 458 g/mol. The van der Waals surface area contributed by atoms with Crippen molar-refractivity contribution in [2.24, 2.45) is 11.3 Å². The first-order chi connectivity index (χ1) is 17.4. The van der Waals surface area contributed by atoms with Crippen molar-refractivity contribution in [2.75, 3.05) is 25.5 Å². The van der Waals surface area contributed by atoms with Crippen molar-refractivity contribution in [1.29, 1.82) is 0 Å². The van der Waals surface area contributed by atoms with Crippen LogP contribution in [0.5, 0.6) is 5.75 Å². The van der Waals surface area contributed by atoms with E-state index >= 15 is 0 Å². The first-order valence-electron chi connectivity index (χ1n) is 12.3. The van der Waals surface area contributed by atoms with Crippen LogP contribution in [0.25, 0.3) is 16.6 Å². The number of benzene rings is 1. The molecule has 10 nitrogen and oxygen atoms in total. The van der Waals surface area contributed by atoms with Crippen LogP contribution in [0.15, 0.2) is 42.9 Å². The summed E-state index contributed by atoms with van der Waals surface area (Å²) in [6, 6.07) is 7.54. The molecule has 2 amide bonds. The first-order valence-corrected chi connectivity index (χ1v) is 12.3. The molecule has 1 aromatic carbocycles. The molecule has 0 bridgehead atoms. The zero-order valence-electron chi connectivity index (χ0n) is 20.6. The lowest BCUT2D eigenvalue weighted by Gasteiger charge is -2.55. The number of likely N-dealkylation sites (tertiary alicyclic amines) is 1. The van der Waals surface area contributed by atoms with Crippen LogP contribution in [0, 0.1) is 11.3 Å². The summed E-state index contributed by atoms with van der Waals surface area (Å²) in [5.41, 5.74) is 2.12. The van der Waals surface area contributed by atoms with Crippen molar-refractivity contribution in [2.45, 2.75) is 39.2 Å². The van der Waals surface area contributed by atoms with Gasteiger partial charge in [-0.1, -0.05) is 6.92 Å². The quantitative estimate of drug-likeness (QED) is 0.472. The summed E-state index contributed by atoms with van der Waals surface area (Å²) in [6.45, 7) is 5.67. The lowest BCUT2D eigenvalue weighted by molar-refractivity contribution is -0.145. The van der Waals surface area contributed by atoms with Crippen molar-refractivity contribution < 1.29 is 14.3 Å². The van der Waals surface area contributed by atoms with Crippen LogP contribution < -0.4 is 10.1 Å². The number of fused-ring (bicyclic) bond motifs is 2. The standard InChI is InChI=1S/C26H29N7O3/c1-16-11-26(14-31(15-26)17(2)34)7-6-21(16)32-13-18-9-19(22(36-3)10-20(18)30-32)25(35)29-24-12-27-23-5-4-8-28-33(23)24/h4-5,8-10,12-13,16,21H,6-7,11,14-15H2,1-3H3,(H,29,35)/t16-,21-/m1/s1. The van der Waals surface area contributed by atoms with E-state index in [0.717, 1.165) is 43.3 Å². The minimum Gasteiger partial charge on any atom is -0.496 e. The van der Waals surface area contributed by atoms with Gasteiger partial charge in [0.2, 0.25) is 5.91 Å². The molecule has 1 aliphatic heterocycles. The third-order valence-electron chi connectivity index (χ3n) is 7.83. The molecule has 1 spiro atoms. The Balaban J connectivity index is 1.24. The Morgan fingerprint density at radius 1 is 1.25 bits per heavy atom. The van der Waals surface area contributed by atoms with Crippen LogP contribution in [-0.4, -0.2) is 61.3 Å². The number of anilines is 1. The lowest BCUT2D eigenvalue weighted by atomic mass is 9.64. The highest BCUT2D eigenvalue weighted by Crippen LogP contribution is 2.49. The number of ether oxygens (including phenoxy) is 1. The minimum absolute atomic E-state index is 0.167. The summed E-state index contributed by atoms with van der Waals surface area (Å²) >= 11 is 0. The van der Waals surface area contributed by atoms with E-state index in [2.05, 4.69) is 27.0 Å². The molecule has 1 aliphatic carbocycles. The second-order valence-electron chi connectivity index (χ2n) is 10.3. The Hall–Kier alpha value is -3.95. The number of carbonyl (C=O) groups excluding carboxylic acids is 2. The first kappa shape index (κ1) is 22.5. The largest absolute Gasteiger partial charge is 0.496 e. The predicted molar refractivity (Wildman–Crippen MR) is 134 cm³/mol. The van der Waals surface area contributed by atoms with Gasteiger partial charge in [0.05, 0.1) is 30.4 Å². The van der Waals surface area contributed by atoms with Crippen LogP contribution in [0.4, 0.5) is 5.82 Å². The van der Waals surface area contributed by atoms with Crippen molar-refractivity contribution in [1.82, 2.24) is 29.3 Å². The van der Waals surface area contributed by atoms with E-state index in [9.17, 15) is 9.59 Å². The maximum absolute atomic E-state index is 13.2. The lowest BCUT2D eigenvalue weighted by Crippen LogP contribution is -2.60. The third-order valence-corrected chi connectivity index (χ3v) is 7.83. The van der Waals surface area contributed by atoms with Gasteiger partial charge in [0, 0.05) is 49.3 Å². The molecule has 6 rings (SSSR count). The molecular formula is C26H29N7O3. The van der Waals surface area contributed by atoms with E-state index in [-0.39, 0.29) is 23.3 Å². The fraction of sp³-hybridized carbons (Fsp3) is 0.423. The number of nitrogens with zero attached hydrogens (tertiary/aromatic N) is 6. The molecule has 1 saturated carbocycles. The zero-order chi connectivity index (χ0) is 25.0. The Labute approximate surface area is 208 Å². The van der Waals surface area contributed by atoms with Gasteiger partial charge >= 0.3 is 0 Å². The summed E-state index contributed by atoms with van der Waals surface area (Å²) in [4.78, 5) is 31.1. The van der Waals surface area contributed by atoms with E-state index in [1.165, 1.54) is 0 Å². The molecule has 186 valence electrons. The van der Waals surface area contributed by atoms with Crippen LogP contribution in [0.3, 0.4) is 0 Å². The van der Waals surface area contributed by atoms with Crippen LogP contribution in [0.2, 0.25) is 0 Å². The number of hydrogen-bond acceptors (Lipinski definition) is 6. The van der Waals surface area contributed by atoms with Crippen LogP contribution >= 0.6 is 0 Å². The topological polar surface area (TPSA) is 107 Å². The SMILES string of the molecule is COc1cc2nn([C@@H]3CCC4(C[C@H]3C)CN(C(C)=O)C4)cc2cc1C(=O)Nc1cnc2cccnn12. The number of amides is 2. The number of nitrogens with one attached hydrogen (secondary N) is 1.